The summed E-state index contributed by atoms with van der Waals surface area (Å²) in [4.78, 5) is 8.95. The summed E-state index contributed by atoms with van der Waals surface area (Å²) >= 11 is 0. The van der Waals surface area contributed by atoms with Crippen LogP contribution >= 0.6 is 0 Å². The van der Waals surface area contributed by atoms with Crippen LogP contribution in [0.2, 0.25) is 0 Å². The van der Waals surface area contributed by atoms with Gasteiger partial charge in [0.1, 0.15) is 5.58 Å². The molecule has 3 aromatic heterocycles. The van der Waals surface area contributed by atoms with E-state index >= 15 is 0 Å². The van der Waals surface area contributed by atoms with Crippen LogP contribution in [0.25, 0.3) is 33.3 Å². The van der Waals surface area contributed by atoms with Gasteiger partial charge in [0, 0.05) is 31.0 Å². The van der Waals surface area contributed by atoms with E-state index in [1.165, 1.54) is 0 Å². The van der Waals surface area contributed by atoms with E-state index in [0.29, 0.717) is 16.8 Å². The summed E-state index contributed by atoms with van der Waals surface area (Å²) in [6.07, 6.45) is 0.0564. The highest BCUT2D eigenvalue weighted by Gasteiger charge is 2.10. The third-order valence-corrected chi connectivity index (χ3v) is 4.59. The molecular formula is C24H18N2O. The lowest BCUT2D eigenvalue weighted by molar-refractivity contribution is 0.652. The standard InChI is InChI=1S/C24H18N2O/c1-16-7-9-20-21-15-19(8-10-23(21)27-24(20)26-16)22-14-18(11-12-25-22)13-17-5-3-2-4-6-17/h2-12,14-15H,13H2,1H3/i13D2. The fraction of sp³-hybridized carbons (Fsp3) is 0.0833. The maximum atomic E-state index is 8.62. The number of nitrogens with zero attached hydrogens (tertiary/aromatic N) is 2. The molecule has 0 bridgehead atoms. The number of pyridine rings is 2. The van der Waals surface area contributed by atoms with Crippen molar-refractivity contribution in [1.29, 1.82) is 0 Å². The summed E-state index contributed by atoms with van der Waals surface area (Å²) in [5.41, 5.74) is 5.13. The van der Waals surface area contributed by atoms with Crippen molar-refractivity contribution in [3.05, 3.63) is 95.8 Å². The zero-order chi connectivity index (χ0) is 20.0. The summed E-state index contributed by atoms with van der Waals surface area (Å²) in [7, 11) is 0. The third kappa shape index (κ3) is 2.97. The molecule has 0 saturated carbocycles. The Kier molecular flexibility index (Phi) is 3.23. The lowest BCUT2D eigenvalue weighted by atomic mass is 10.0. The van der Waals surface area contributed by atoms with Gasteiger partial charge in [-0.25, -0.2) is 4.98 Å². The van der Waals surface area contributed by atoms with Crippen molar-refractivity contribution in [2.45, 2.75) is 13.3 Å². The maximum Gasteiger partial charge on any atom is 0.227 e. The fourth-order valence-electron chi connectivity index (χ4n) is 3.26. The number of hydrogen-bond acceptors (Lipinski definition) is 3. The van der Waals surface area contributed by atoms with Gasteiger partial charge in [0.25, 0.3) is 0 Å². The summed E-state index contributed by atoms with van der Waals surface area (Å²) in [5.74, 6) is 0. The Hall–Kier alpha value is -3.46. The molecule has 0 spiro atoms. The predicted molar refractivity (Wildman–Crippen MR) is 109 cm³/mol. The minimum absolute atomic E-state index is 0.572. The molecule has 3 heterocycles. The van der Waals surface area contributed by atoms with Crippen molar-refractivity contribution < 1.29 is 7.16 Å². The summed E-state index contributed by atoms with van der Waals surface area (Å²) < 4.78 is 23.1. The molecule has 0 atom stereocenters. The predicted octanol–water partition coefficient (Wildman–Crippen LogP) is 5.94. The van der Waals surface area contributed by atoms with Crippen LogP contribution in [0.3, 0.4) is 0 Å². The summed E-state index contributed by atoms with van der Waals surface area (Å²) in [6.45, 7) is 1.94. The highest BCUT2D eigenvalue weighted by molar-refractivity contribution is 6.04. The number of hydrogen-bond donors (Lipinski definition) is 0. The highest BCUT2D eigenvalue weighted by Crippen LogP contribution is 2.31. The Morgan fingerprint density at radius 2 is 1.78 bits per heavy atom. The van der Waals surface area contributed by atoms with E-state index in [9.17, 15) is 0 Å². The Morgan fingerprint density at radius 3 is 2.67 bits per heavy atom. The zero-order valence-corrected chi connectivity index (χ0v) is 14.8. The van der Waals surface area contributed by atoms with Gasteiger partial charge >= 0.3 is 0 Å². The van der Waals surface area contributed by atoms with Crippen LogP contribution in [0.5, 0.6) is 0 Å². The van der Waals surface area contributed by atoms with Crippen molar-refractivity contribution >= 4 is 22.1 Å². The second-order valence-electron chi connectivity index (χ2n) is 6.54. The normalized spacial score (nSPS) is 12.9. The van der Waals surface area contributed by atoms with E-state index in [0.717, 1.165) is 33.3 Å². The van der Waals surface area contributed by atoms with Gasteiger partial charge in [-0.2, -0.15) is 0 Å². The van der Waals surface area contributed by atoms with Gasteiger partial charge in [0.2, 0.25) is 5.71 Å². The first kappa shape index (κ1) is 13.7. The molecule has 0 fully saturated rings. The SMILES string of the molecule is [2H]C([2H])(c1ccccc1)c1ccnc(-c2ccc3oc4nc(C)ccc4c3c2)c1. The van der Waals surface area contributed by atoms with Gasteiger partial charge in [-0.05, 0) is 66.9 Å². The number of fused-ring (bicyclic) bond motifs is 3. The Bertz CT molecular complexity index is 1340. The molecule has 5 aromatic rings. The average Bonchev–Trinajstić information content (AvgIpc) is 3.11. The molecule has 0 saturated heterocycles. The van der Waals surface area contributed by atoms with Crippen LogP contribution in [0.1, 0.15) is 19.6 Å². The molecule has 0 aliphatic rings. The second kappa shape index (κ2) is 6.36. The number of aryl methyl sites for hydroxylation is 1. The molecule has 3 heteroatoms. The Labute approximate surface area is 160 Å². The molecule has 3 nitrogen and oxygen atoms in total. The van der Waals surface area contributed by atoms with E-state index in [1.54, 1.807) is 24.4 Å². The van der Waals surface area contributed by atoms with Crippen LogP contribution in [-0.4, -0.2) is 9.97 Å². The van der Waals surface area contributed by atoms with Crippen LogP contribution < -0.4 is 0 Å². The molecule has 0 N–H and O–H groups in total. The molecular weight excluding hydrogens is 332 g/mol. The highest BCUT2D eigenvalue weighted by atomic mass is 16.3. The van der Waals surface area contributed by atoms with Crippen molar-refractivity contribution in [2.24, 2.45) is 0 Å². The average molecular weight is 352 g/mol. The molecule has 0 radical (unpaired) electrons. The van der Waals surface area contributed by atoms with Crippen LogP contribution in [-0.2, 0) is 6.37 Å². The first-order chi connectivity index (χ1) is 14.0. The van der Waals surface area contributed by atoms with E-state index in [2.05, 4.69) is 9.97 Å². The van der Waals surface area contributed by atoms with E-state index in [-0.39, 0.29) is 0 Å². The van der Waals surface area contributed by atoms with Gasteiger partial charge in [0.15, 0.2) is 0 Å². The topological polar surface area (TPSA) is 38.9 Å². The zero-order valence-electron chi connectivity index (χ0n) is 16.8. The molecule has 130 valence electrons. The van der Waals surface area contributed by atoms with Crippen molar-refractivity contribution in [1.82, 2.24) is 9.97 Å². The molecule has 0 aliphatic heterocycles. The lowest BCUT2D eigenvalue weighted by Crippen LogP contribution is -1.91. The van der Waals surface area contributed by atoms with Crippen LogP contribution in [0, 0.1) is 6.92 Å². The minimum Gasteiger partial charge on any atom is -0.438 e. The second-order valence-corrected chi connectivity index (χ2v) is 6.54. The minimum atomic E-state index is -1.60. The molecule has 0 aliphatic carbocycles. The van der Waals surface area contributed by atoms with E-state index in [1.807, 2.05) is 61.5 Å². The van der Waals surface area contributed by atoms with Crippen LogP contribution in [0.4, 0.5) is 0 Å². The smallest absolute Gasteiger partial charge is 0.227 e. The third-order valence-electron chi connectivity index (χ3n) is 4.59. The fourth-order valence-corrected chi connectivity index (χ4v) is 3.26. The molecule has 0 unspecified atom stereocenters. The van der Waals surface area contributed by atoms with Gasteiger partial charge in [-0.3, -0.25) is 4.98 Å². The van der Waals surface area contributed by atoms with Crippen molar-refractivity contribution in [2.75, 3.05) is 0 Å². The van der Waals surface area contributed by atoms with E-state index < -0.39 is 6.37 Å². The maximum absolute atomic E-state index is 8.62. The Morgan fingerprint density at radius 1 is 0.889 bits per heavy atom. The van der Waals surface area contributed by atoms with Gasteiger partial charge in [-0.1, -0.05) is 30.3 Å². The van der Waals surface area contributed by atoms with Crippen LogP contribution in [0.15, 0.2) is 83.4 Å². The van der Waals surface area contributed by atoms with Gasteiger partial charge < -0.3 is 4.42 Å². The molecule has 2 aromatic carbocycles. The summed E-state index contributed by atoms with van der Waals surface area (Å²) in [6, 6.07) is 22.6. The van der Waals surface area contributed by atoms with Crippen molar-refractivity contribution in [3.63, 3.8) is 0 Å². The summed E-state index contributed by atoms with van der Waals surface area (Å²) in [5, 5.41) is 1.94. The lowest BCUT2D eigenvalue weighted by Gasteiger charge is -2.05. The van der Waals surface area contributed by atoms with E-state index in [4.69, 9.17) is 7.16 Å². The number of rotatable bonds is 3. The quantitative estimate of drug-likeness (QED) is 0.403. The van der Waals surface area contributed by atoms with Crippen molar-refractivity contribution in [3.8, 4) is 11.3 Å². The van der Waals surface area contributed by atoms with Gasteiger partial charge in [-0.15, -0.1) is 0 Å². The Balaban J connectivity index is 1.62. The first-order valence-electron chi connectivity index (χ1n) is 9.85. The largest absolute Gasteiger partial charge is 0.438 e. The molecule has 27 heavy (non-hydrogen) atoms. The molecule has 0 amide bonds. The number of aromatic nitrogens is 2. The number of furan rings is 1. The molecule has 5 rings (SSSR count). The first-order valence-corrected chi connectivity index (χ1v) is 8.85. The monoisotopic (exact) mass is 352 g/mol. The van der Waals surface area contributed by atoms with Gasteiger partial charge in [0.05, 0.1) is 5.69 Å². The number of benzene rings is 2.